The van der Waals surface area contributed by atoms with Crippen LogP contribution in [0.25, 0.3) is 0 Å². The second-order valence-corrected chi connectivity index (χ2v) is 15.1. The number of hydrogen-bond acceptors (Lipinski definition) is 4. The molecule has 0 aromatic heterocycles. The summed E-state index contributed by atoms with van der Waals surface area (Å²) in [7, 11) is -0.207. The quantitative estimate of drug-likeness (QED) is 0.404. The van der Waals surface area contributed by atoms with E-state index in [1.165, 1.54) is 0 Å². The molecule has 0 aromatic rings. The molecule has 0 unspecified atom stereocenters. The number of rotatable bonds is 7. The average Bonchev–Trinajstić information content (AvgIpc) is 2.22. The molecule has 4 nitrogen and oxygen atoms in total. The molecule has 0 N–H and O–H groups in total. The average molecular weight is 305 g/mol. The van der Waals surface area contributed by atoms with Crippen LogP contribution in [0, 0.1) is 0 Å². The van der Waals surface area contributed by atoms with Gasteiger partial charge in [-0.25, -0.2) is 0 Å². The fraction of sp³-hybridized carbons (Fsp3) is 0.692. The van der Waals surface area contributed by atoms with Crippen LogP contribution in [0.1, 0.15) is 6.92 Å². The predicted molar refractivity (Wildman–Crippen MR) is 83.7 cm³/mol. The smallest absolute Gasteiger partial charge is 0.268 e. The Hall–Kier alpha value is -0.886. The number of ether oxygens (including phenoxy) is 2. The number of hydrogen-bond donors (Lipinski definition) is 0. The molecule has 0 saturated heterocycles. The van der Waals surface area contributed by atoms with Crippen molar-refractivity contribution < 1.29 is 18.3 Å². The highest BCUT2D eigenvalue weighted by molar-refractivity contribution is 6.70. The maximum absolute atomic E-state index is 6.01. The molecule has 0 radical (unpaired) electrons. The van der Waals surface area contributed by atoms with E-state index in [0.717, 1.165) is 5.76 Å². The molecule has 112 valence electrons. The molecule has 0 aromatic carbocycles. The Morgan fingerprint density at radius 3 is 1.58 bits per heavy atom. The third-order valence-electron chi connectivity index (χ3n) is 1.93. The Labute approximate surface area is 119 Å². The van der Waals surface area contributed by atoms with Crippen molar-refractivity contribution in [1.82, 2.24) is 0 Å². The number of methoxy groups -OCH3 is 2. The van der Waals surface area contributed by atoms with Crippen LogP contribution in [0.3, 0.4) is 0 Å². The molecule has 0 aliphatic heterocycles. The van der Waals surface area contributed by atoms with Gasteiger partial charge in [0, 0.05) is 0 Å². The first-order valence-electron chi connectivity index (χ1n) is 6.37. The first-order valence-corrected chi connectivity index (χ1v) is 13.2. The normalized spacial score (nSPS) is 14.7. The molecule has 0 saturated carbocycles. The highest BCUT2D eigenvalue weighted by Crippen LogP contribution is 2.20. The fourth-order valence-corrected chi connectivity index (χ4v) is 2.78. The molecule has 0 fully saturated rings. The van der Waals surface area contributed by atoms with Crippen molar-refractivity contribution in [2.75, 3.05) is 14.2 Å². The van der Waals surface area contributed by atoms with Crippen LogP contribution in [0.2, 0.25) is 39.3 Å². The summed E-state index contributed by atoms with van der Waals surface area (Å²) in [5.74, 6) is 1.87. The summed E-state index contributed by atoms with van der Waals surface area (Å²) in [5.41, 5.74) is 0. The van der Waals surface area contributed by atoms with Crippen LogP contribution in [-0.4, -0.2) is 30.9 Å². The van der Waals surface area contributed by atoms with Gasteiger partial charge in [-0.2, -0.15) is 0 Å². The lowest BCUT2D eigenvalue weighted by Gasteiger charge is -2.24. The van der Waals surface area contributed by atoms with Gasteiger partial charge in [-0.3, -0.25) is 0 Å². The molecule has 0 spiro atoms. The lowest BCUT2D eigenvalue weighted by atomic mass is 10.4. The Morgan fingerprint density at radius 1 is 0.789 bits per heavy atom. The van der Waals surface area contributed by atoms with E-state index in [9.17, 15) is 0 Å². The van der Waals surface area contributed by atoms with Crippen molar-refractivity contribution >= 4 is 16.6 Å². The van der Waals surface area contributed by atoms with Crippen molar-refractivity contribution in [3.63, 3.8) is 0 Å². The largest absolute Gasteiger partial charge is 0.542 e. The molecular formula is C13H28O4Si2. The van der Waals surface area contributed by atoms with Crippen molar-refractivity contribution in [2.45, 2.75) is 46.2 Å². The van der Waals surface area contributed by atoms with E-state index in [-0.39, 0.29) is 0 Å². The molecular weight excluding hydrogens is 276 g/mol. The minimum absolute atomic E-state index is 0.476. The fourth-order valence-electron chi connectivity index (χ4n) is 1.17. The zero-order chi connectivity index (χ0) is 15.3. The lowest BCUT2D eigenvalue weighted by Crippen LogP contribution is -2.27. The van der Waals surface area contributed by atoms with E-state index < -0.39 is 16.6 Å². The Balaban J connectivity index is 5.28. The van der Waals surface area contributed by atoms with Crippen molar-refractivity contribution in [3.05, 3.63) is 23.5 Å². The third kappa shape index (κ3) is 8.77. The first kappa shape index (κ1) is 18.1. The molecule has 0 aliphatic rings. The Kier molecular flexibility index (Phi) is 6.72. The van der Waals surface area contributed by atoms with E-state index in [0.29, 0.717) is 11.7 Å². The Bertz CT molecular complexity index is 349. The molecule has 6 heteroatoms. The van der Waals surface area contributed by atoms with E-state index in [1.54, 1.807) is 20.3 Å². The van der Waals surface area contributed by atoms with Crippen LogP contribution in [0.5, 0.6) is 0 Å². The van der Waals surface area contributed by atoms with Gasteiger partial charge in [0.2, 0.25) is 16.6 Å². The maximum Gasteiger partial charge on any atom is 0.268 e. The van der Waals surface area contributed by atoms with E-state index in [1.807, 2.05) is 6.92 Å². The molecule has 0 amide bonds. The molecule has 0 rings (SSSR count). The van der Waals surface area contributed by atoms with Gasteiger partial charge >= 0.3 is 0 Å². The maximum atomic E-state index is 6.01. The van der Waals surface area contributed by atoms with Gasteiger partial charge in [-0.05, 0) is 46.2 Å². The summed E-state index contributed by atoms with van der Waals surface area (Å²) in [5, 5.41) is 0. The van der Waals surface area contributed by atoms with E-state index in [2.05, 4.69) is 39.3 Å². The van der Waals surface area contributed by atoms with Crippen LogP contribution in [-0.2, 0) is 18.3 Å². The summed E-state index contributed by atoms with van der Waals surface area (Å²) in [6, 6.07) is 0. The highest BCUT2D eigenvalue weighted by atomic mass is 28.4. The zero-order valence-corrected chi connectivity index (χ0v) is 15.7. The summed E-state index contributed by atoms with van der Waals surface area (Å²) in [6.45, 7) is 14.5. The minimum atomic E-state index is -1.72. The van der Waals surface area contributed by atoms with Gasteiger partial charge in [0.15, 0.2) is 0 Å². The number of allylic oxidation sites excluding steroid dienone is 2. The van der Waals surface area contributed by atoms with Gasteiger partial charge in [0.25, 0.3) is 5.95 Å². The topological polar surface area (TPSA) is 36.9 Å². The van der Waals surface area contributed by atoms with Crippen molar-refractivity contribution in [1.29, 1.82) is 0 Å². The van der Waals surface area contributed by atoms with E-state index >= 15 is 0 Å². The standard InChI is InChI=1S/C13H28O4Si2/c1-11(14-2)12(16-18(4,5)6)10-13(15-3)17-19(7,8)9/h10H,1-9H3/b12-11+,13-10+. The molecule has 0 atom stereocenters. The second kappa shape index (κ2) is 7.05. The van der Waals surface area contributed by atoms with Crippen LogP contribution in [0.15, 0.2) is 23.5 Å². The van der Waals surface area contributed by atoms with Crippen molar-refractivity contribution in [3.8, 4) is 0 Å². The zero-order valence-electron chi connectivity index (χ0n) is 13.7. The lowest BCUT2D eigenvalue weighted by molar-refractivity contribution is 0.144. The molecule has 19 heavy (non-hydrogen) atoms. The highest BCUT2D eigenvalue weighted by Gasteiger charge is 2.22. The molecule has 0 heterocycles. The summed E-state index contributed by atoms with van der Waals surface area (Å²) < 4.78 is 22.4. The minimum Gasteiger partial charge on any atom is -0.542 e. The van der Waals surface area contributed by atoms with Gasteiger partial charge in [-0.1, -0.05) is 0 Å². The molecule has 0 bridgehead atoms. The summed E-state index contributed by atoms with van der Waals surface area (Å²) in [6.07, 6.45) is 1.77. The predicted octanol–water partition coefficient (Wildman–Crippen LogP) is 4.06. The summed E-state index contributed by atoms with van der Waals surface area (Å²) in [4.78, 5) is 0. The SMILES string of the molecule is CO/C(=C\C(O[Si](C)(C)C)=C(\C)OC)O[Si](C)(C)C. The monoisotopic (exact) mass is 304 g/mol. The second-order valence-electron chi connectivity index (χ2n) is 6.22. The van der Waals surface area contributed by atoms with Gasteiger partial charge in [0.05, 0.1) is 20.3 Å². The first-order chi connectivity index (χ1) is 8.48. The van der Waals surface area contributed by atoms with Crippen LogP contribution < -0.4 is 0 Å². The van der Waals surface area contributed by atoms with Crippen LogP contribution in [0.4, 0.5) is 0 Å². The Morgan fingerprint density at radius 2 is 1.26 bits per heavy atom. The van der Waals surface area contributed by atoms with E-state index in [4.69, 9.17) is 18.3 Å². The van der Waals surface area contributed by atoms with Gasteiger partial charge in [-0.15, -0.1) is 0 Å². The molecule has 0 aliphatic carbocycles. The van der Waals surface area contributed by atoms with Crippen LogP contribution >= 0.6 is 0 Å². The van der Waals surface area contributed by atoms with Crippen molar-refractivity contribution in [2.24, 2.45) is 0 Å². The third-order valence-corrected chi connectivity index (χ3v) is 3.57. The van der Waals surface area contributed by atoms with Gasteiger partial charge in [0.1, 0.15) is 11.5 Å². The summed E-state index contributed by atoms with van der Waals surface area (Å²) >= 11 is 0. The van der Waals surface area contributed by atoms with Gasteiger partial charge < -0.3 is 18.3 Å².